The van der Waals surface area contributed by atoms with Gasteiger partial charge in [-0.05, 0) is 50.7 Å². The summed E-state index contributed by atoms with van der Waals surface area (Å²) in [5, 5.41) is 18.5. The summed E-state index contributed by atoms with van der Waals surface area (Å²) in [6.07, 6.45) is -3.52. The number of aliphatic hydroxyl groups excluding tert-OH is 1. The topological polar surface area (TPSA) is 94.9 Å². The molecule has 8 nitrogen and oxygen atoms in total. The van der Waals surface area contributed by atoms with Crippen LogP contribution in [-0.4, -0.2) is 62.7 Å². The summed E-state index contributed by atoms with van der Waals surface area (Å²) in [5.74, 6) is 0.944. The Balaban J connectivity index is 1.62. The molecule has 1 saturated heterocycles. The first-order chi connectivity index (χ1) is 15.5. The molecule has 0 amide bonds. The van der Waals surface area contributed by atoms with Gasteiger partial charge < -0.3 is 21.1 Å². The first kappa shape index (κ1) is 23.3. The van der Waals surface area contributed by atoms with E-state index in [1.54, 1.807) is 30.6 Å². The number of piperazine rings is 1. The molecule has 0 spiro atoms. The molecule has 0 aliphatic carbocycles. The number of anilines is 2. The summed E-state index contributed by atoms with van der Waals surface area (Å²) in [6, 6.07) is 4.81. The number of fused-ring (bicyclic) bond motifs is 1. The Morgan fingerprint density at radius 2 is 1.79 bits per heavy atom. The number of benzene rings is 1. The molecule has 4 N–H and O–H groups in total. The van der Waals surface area contributed by atoms with Gasteiger partial charge in [0.2, 0.25) is 0 Å². The van der Waals surface area contributed by atoms with Crippen molar-refractivity contribution in [1.82, 2.24) is 24.4 Å². The van der Waals surface area contributed by atoms with E-state index in [0.29, 0.717) is 28.3 Å². The van der Waals surface area contributed by atoms with E-state index in [1.807, 2.05) is 11.9 Å². The second kappa shape index (κ2) is 8.81. The maximum Gasteiger partial charge on any atom is 0.416 e. The van der Waals surface area contributed by atoms with Gasteiger partial charge in [-0.25, -0.2) is 9.50 Å². The zero-order chi connectivity index (χ0) is 23.9. The number of halogens is 3. The van der Waals surface area contributed by atoms with E-state index < -0.39 is 24.0 Å². The molecule has 2 aromatic heterocycles. The Morgan fingerprint density at radius 3 is 2.45 bits per heavy atom. The molecule has 33 heavy (non-hydrogen) atoms. The smallest absolute Gasteiger partial charge is 0.399 e. The van der Waals surface area contributed by atoms with E-state index >= 15 is 0 Å². The first-order valence-corrected chi connectivity index (χ1v) is 10.7. The Labute approximate surface area is 189 Å². The average Bonchev–Trinajstić information content (AvgIpc) is 3.17. The minimum atomic E-state index is -4.49. The van der Waals surface area contributed by atoms with Crippen LogP contribution < -0.4 is 11.1 Å². The lowest BCUT2D eigenvalue weighted by Gasteiger charge is -2.35. The fourth-order valence-corrected chi connectivity index (χ4v) is 4.03. The van der Waals surface area contributed by atoms with Crippen molar-refractivity contribution in [2.24, 2.45) is 0 Å². The monoisotopic (exact) mass is 463 g/mol. The Morgan fingerprint density at radius 1 is 1.09 bits per heavy atom. The van der Waals surface area contributed by atoms with Gasteiger partial charge in [0.1, 0.15) is 17.6 Å². The van der Waals surface area contributed by atoms with Crippen LogP contribution in [0.5, 0.6) is 0 Å². The molecule has 4 rings (SSSR count). The van der Waals surface area contributed by atoms with Crippen molar-refractivity contribution in [2.75, 3.05) is 44.3 Å². The van der Waals surface area contributed by atoms with Crippen LogP contribution in [0.4, 0.5) is 24.7 Å². The van der Waals surface area contributed by atoms with Crippen LogP contribution in [0.3, 0.4) is 0 Å². The van der Waals surface area contributed by atoms with E-state index in [0.717, 1.165) is 38.3 Å². The number of alkyl halides is 3. The van der Waals surface area contributed by atoms with E-state index in [-0.39, 0.29) is 5.69 Å². The van der Waals surface area contributed by atoms with Gasteiger partial charge in [0.15, 0.2) is 5.82 Å². The zero-order valence-electron chi connectivity index (χ0n) is 18.8. The molecule has 0 bridgehead atoms. The van der Waals surface area contributed by atoms with E-state index in [4.69, 9.17) is 5.73 Å². The van der Waals surface area contributed by atoms with E-state index in [2.05, 4.69) is 20.3 Å². The highest BCUT2D eigenvalue weighted by Gasteiger charge is 2.31. The lowest BCUT2D eigenvalue weighted by atomic mass is 10.0. The van der Waals surface area contributed by atoms with Gasteiger partial charge in [0.05, 0.1) is 11.6 Å². The summed E-state index contributed by atoms with van der Waals surface area (Å²) in [7, 11) is 2.05. The third kappa shape index (κ3) is 5.05. The lowest BCUT2D eigenvalue weighted by Crippen LogP contribution is -2.45. The van der Waals surface area contributed by atoms with Crippen molar-refractivity contribution < 1.29 is 18.3 Å². The van der Waals surface area contributed by atoms with Crippen LogP contribution in [0.2, 0.25) is 0 Å². The maximum absolute atomic E-state index is 13.2. The molecular weight excluding hydrogens is 435 g/mol. The molecular formula is C22H28F3N7O. The van der Waals surface area contributed by atoms with Crippen molar-refractivity contribution in [3.8, 4) is 0 Å². The number of likely N-dealkylation sites (N-methyl/N-ethyl adjacent to an activating group) is 1. The molecule has 1 unspecified atom stereocenters. The van der Waals surface area contributed by atoms with Crippen LogP contribution in [0, 0.1) is 6.92 Å². The quantitative estimate of drug-likeness (QED) is 0.501. The number of aryl methyl sites for hydroxylation is 1. The van der Waals surface area contributed by atoms with Crippen molar-refractivity contribution in [2.45, 2.75) is 32.3 Å². The number of rotatable bonds is 5. The number of nitrogens with one attached hydrogen (secondary N) is 1. The van der Waals surface area contributed by atoms with Crippen molar-refractivity contribution in [3.63, 3.8) is 0 Å². The SMILES string of the molecule is Cc1nc(N[C@H](C)c2cc(N)cc(C(F)(F)F)c2)c2cc(C(O)N3CCN(C)CC3)cn2n1. The van der Waals surface area contributed by atoms with Gasteiger partial charge in [-0.15, -0.1) is 0 Å². The van der Waals surface area contributed by atoms with Gasteiger partial charge in [-0.2, -0.15) is 18.3 Å². The zero-order valence-corrected chi connectivity index (χ0v) is 18.8. The molecule has 0 radical (unpaired) electrons. The minimum Gasteiger partial charge on any atom is -0.399 e. The Hall–Kier alpha value is -2.89. The first-order valence-electron chi connectivity index (χ1n) is 10.7. The van der Waals surface area contributed by atoms with Crippen molar-refractivity contribution in [1.29, 1.82) is 0 Å². The van der Waals surface area contributed by atoms with Gasteiger partial charge in [-0.3, -0.25) is 4.90 Å². The fourth-order valence-electron chi connectivity index (χ4n) is 4.03. The predicted molar refractivity (Wildman–Crippen MR) is 120 cm³/mol. The number of aromatic nitrogens is 3. The number of hydrogen-bond donors (Lipinski definition) is 3. The molecule has 1 aromatic carbocycles. The van der Waals surface area contributed by atoms with E-state index in [1.165, 1.54) is 6.07 Å². The molecule has 1 fully saturated rings. The highest BCUT2D eigenvalue weighted by Crippen LogP contribution is 2.34. The summed E-state index contributed by atoms with van der Waals surface area (Å²) in [5.41, 5.74) is 6.66. The molecule has 3 heterocycles. The third-order valence-electron chi connectivity index (χ3n) is 5.93. The molecule has 0 saturated carbocycles. The number of nitrogens with two attached hydrogens (primary N) is 1. The molecule has 11 heteroatoms. The molecule has 3 aromatic rings. The number of hydrogen-bond acceptors (Lipinski definition) is 7. The van der Waals surface area contributed by atoms with Crippen molar-refractivity contribution >= 4 is 17.0 Å². The van der Waals surface area contributed by atoms with Gasteiger partial charge in [0, 0.05) is 43.6 Å². The van der Waals surface area contributed by atoms with Crippen LogP contribution in [0.15, 0.2) is 30.5 Å². The van der Waals surface area contributed by atoms with Crippen LogP contribution in [0.25, 0.3) is 5.52 Å². The Bertz CT molecular complexity index is 1140. The fraction of sp³-hybridized carbons (Fsp3) is 0.455. The summed E-state index contributed by atoms with van der Waals surface area (Å²) >= 11 is 0. The van der Waals surface area contributed by atoms with E-state index in [9.17, 15) is 18.3 Å². The standard InChI is InChI=1S/C22H28F3N7O/c1-13(15-8-17(22(23,24)25)11-18(26)9-15)27-20-19-10-16(12-32(19)29-14(2)28-20)21(33)31-6-4-30(3)5-7-31/h8-13,21,33H,4-7,26H2,1-3H3,(H,27,28,29)/t13-,21?/m1/s1. The predicted octanol–water partition coefficient (Wildman–Crippen LogP) is 3.05. The third-order valence-corrected chi connectivity index (χ3v) is 5.93. The summed E-state index contributed by atoms with van der Waals surface area (Å²) in [4.78, 5) is 8.66. The summed E-state index contributed by atoms with van der Waals surface area (Å²) < 4.78 is 41.3. The van der Waals surface area contributed by atoms with Crippen molar-refractivity contribution in [3.05, 3.63) is 53.0 Å². The maximum atomic E-state index is 13.2. The summed E-state index contributed by atoms with van der Waals surface area (Å²) in [6.45, 7) is 6.70. The second-order valence-corrected chi connectivity index (χ2v) is 8.58. The van der Waals surface area contributed by atoms with Gasteiger partial charge >= 0.3 is 6.18 Å². The molecule has 178 valence electrons. The lowest BCUT2D eigenvalue weighted by molar-refractivity contribution is -0.137. The molecule has 1 aliphatic rings. The van der Waals surface area contributed by atoms with Gasteiger partial charge in [0.25, 0.3) is 0 Å². The normalized spacial score (nSPS) is 17.9. The van der Waals surface area contributed by atoms with Crippen LogP contribution in [0.1, 0.15) is 41.7 Å². The highest BCUT2D eigenvalue weighted by atomic mass is 19.4. The second-order valence-electron chi connectivity index (χ2n) is 8.58. The van der Waals surface area contributed by atoms with Crippen LogP contribution in [-0.2, 0) is 6.18 Å². The molecule has 1 aliphatic heterocycles. The number of aliphatic hydroxyl groups is 1. The largest absolute Gasteiger partial charge is 0.416 e. The van der Waals surface area contributed by atoms with Crippen LogP contribution >= 0.6 is 0 Å². The Kier molecular flexibility index (Phi) is 6.21. The average molecular weight is 464 g/mol. The highest BCUT2D eigenvalue weighted by molar-refractivity contribution is 5.69. The van der Waals surface area contributed by atoms with Gasteiger partial charge in [-0.1, -0.05) is 0 Å². The number of nitrogens with zero attached hydrogens (tertiary/aromatic N) is 5. The molecule has 2 atom stereocenters. The minimum absolute atomic E-state index is 0.0396. The number of nitrogen functional groups attached to an aromatic ring is 1.